The second-order valence-electron chi connectivity index (χ2n) is 5.10. The molecule has 0 fully saturated rings. The standard InChI is InChI=1S/C17H17N5O2/c1-21(12-2-11-18)16-7-3-14(4-8-16)13-19-20-15-5-9-17(10-6-15)22(23)24/h3-10,13,20H,2,12H2,1H3. The average Bonchev–Trinajstić information content (AvgIpc) is 2.60. The van der Waals surface area contributed by atoms with Crippen LogP contribution in [0.5, 0.6) is 0 Å². The molecule has 0 aromatic heterocycles. The number of non-ortho nitro benzene ring substituents is 1. The number of rotatable bonds is 7. The second kappa shape index (κ2) is 8.29. The van der Waals surface area contributed by atoms with Gasteiger partial charge < -0.3 is 4.90 Å². The number of nitro benzene ring substituents is 1. The lowest BCUT2D eigenvalue weighted by molar-refractivity contribution is -0.384. The number of nitro groups is 1. The molecule has 2 aromatic carbocycles. The van der Waals surface area contributed by atoms with Crippen molar-refractivity contribution in [3.63, 3.8) is 0 Å². The number of hydrogen-bond acceptors (Lipinski definition) is 6. The van der Waals surface area contributed by atoms with Crippen molar-refractivity contribution >= 4 is 23.3 Å². The molecular formula is C17H17N5O2. The van der Waals surface area contributed by atoms with Gasteiger partial charge in [-0.3, -0.25) is 15.5 Å². The Hall–Kier alpha value is -3.40. The lowest BCUT2D eigenvalue weighted by Crippen LogP contribution is -2.17. The lowest BCUT2D eigenvalue weighted by atomic mass is 10.2. The smallest absolute Gasteiger partial charge is 0.269 e. The van der Waals surface area contributed by atoms with Crippen LogP contribution in [0.3, 0.4) is 0 Å². The summed E-state index contributed by atoms with van der Waals surface area (Å²) in [6.45, 7) is 0.686. The summed E-state index contributed by atoms with van der Waals surface area (Å²) in [6, 6.07) is 16.0. The molecule has 7 nitrogen and oxygen atoms in total. The second-order valence-corrected chi connectivity index (χ2v) is 5.10. The van der Waals surface area contributed by atoms with Gasteiger partial charge in [0.1, 0.15) is 0 Å². The van der Waals surface area contributed by atoms with Crippen molar-refractivity contribution in [1.29, 1.82) is 5.26 Å². The number of nitrogens with zero attached hydrogens (tertiary/aromatic N) is 4. The molecule has 0 saturated carbocycles. The molecule has 0 radical (unpaired) electrons. The van der Waals surface area contributed by atoms with Crippen LogP contribution >= 0.6 is 0 Å². The maximum absolute atomic E-state index is 10.6. The van der Waals surface area contributed by atoms with Gasteiger partial charge in [0.25, 0.3) is 5.69 Å². The first-order valence-corrected chi connectivity index (χ1v) is 7.32. The minimum atomic E-state index is -0.442. The highest BCUT2D eigenvalue weighted by molar-refractivity contribution is 5.81. The molecule has 0 saturated heterocycles. The van der Waals surface area contributed by atoms with E-state index in [4.69, 9.17) is 5.26 Å². The fraction of sp³-hybridized carbons (Fsp3) is 0.176. The largest absolute Gasteiger partial charge is 0.374 e. The van der Waals surface area contributed by atoms with E-state index < -0.39 is 4.92 Å². The van der Waals surface area contributed by atoms with Crippen LogP contribution in [-0.2, 0) is 0 Å². The first-order chi connectivity index (χ1) is 11.6. The Labute approximate surface area is 140 Å². The number of anilines is 2. The van der Waals surface area contributed by atoms with Crippen LogP contribution < -0.4 is 10.3 Å². The van der Waals surface area contributed by atoms with E-state index in [-0.39, 0.29) is 5.69 Å². The Morgan fingerprint density at radius 3 is 2.50 bits per heavy atom. The molecule has 0 spiro atoms. The maximum atomic E-state index is 10.6. The molecule has 122 valence electrons. The molecule has 0 atom stereocenters. The van der Waals surface area contributed by atoms with Crippen LogP contribution in [0.15, 0.2) is 53.6 Å². The Balaban J connectivity index is 1.92. The number of nitrogens with one attached hydrogen (secondary N) is 1. The van der Waals surface area contributed by atoms with Gasteiger partial charge in [-0.25, -0.2) is 0 Å². The summed E-state index contributed by atoms with van der Waals surface area (Å²) in [5.41, 5.74) is 5.49. The van der Waals surface area contributed by atoms with Gasteiger partial charge in [0, 0.05) is 31.4 Å². The van der Waals surface area contributed by atoms with Gasteiger partial charge in [-0.2, -0.15) is 10.4 Å². The van der Waals surface area contributed by atoms with Gasteiger partial charge >= 0.3 is 0 Å². The van der Waals surface area contributed by atoms with Gasteiger partial charge in [0.05, 0.1) is 29.3 Å². The van der Waals surface area contributed by atoms with E-state index in [1.165, 1.54) is 12.1 Å². The molecule has 0 aliphatic heterocycles. The average molecular weight is 323 g/mol. The molecule has 7 heteroatoms. The van der Waals surface area contributed by atoms with Crippen molar-refractivity contribution in [2.45, 2.75) is 6.42 Å². The quantitative estimate of drug-likeness (QED) is 0.479. The summed E-state index contributed by atoms with van der Waals surface area (Å²) in [7, 11) is 1.94. The fourth-order valence-electron chi connectivity index (χ4n) is 2.00. The summed E-state index contributed by atoms with van der Waals surface area (Å²) in [4.78, 5) is 12.2. The lowest BCUT2D eigenvalue weighted by Gasteiger charge is -2.17. The van der Waals surface area contributed by atoms with Crippen molar-refractivity contribution in [3.8, 4) is 6.07 Å². The molecule has 0 amide bonds. The van der Waals surface area contributed by atoms with Crippen LogP contribution in [0, 0.1) is 21.4 Å². The predicted octanol–water partition coefficient (Wildman–Crippen LogP) is 3.39. The summed E-state index contributed by atoms with van der Waals surface area (Å²) in [5, 5.41) is 23.3. The molecule has 0 heterocycles. The van der Waals surface area contributed by atoms with Crippen molar-refractivity contribution in [1.82, 2.24) is 0 Å². The minimum Gasteiger partial charge on any atom is -0.374 e. The van der Waals surface area contributed by atoms with Crippen molar-refractivity contribution in [2.75, 3.05) is 23.9 Å². The predicted molar refractivity (Wildman–Crippen MR) is 94.3 cm³/mol. The highest BCUT2D eigenvalue weighted by Gasteiger charge is 2.03. The highest BCUT2D eigenvalue weighted by atomic mass is 16.6. The van der Waals surface area contributed by atoms with E-state index in [1.54, 1.807) is 18.3 Å². The molecule has 0 aliphatic carbocycles. The van der Waals surface area contributed by atoms with Crippen LogP contribution in [0.2, 0.25) is 0 Å². The summed E-state index contributed by atoms with van der Waals surface area (Å²) < 4.78 is 0. The van der Waals surface area contributed by atoms with E-state index in [0.29, 0.717) is 18.7 Å². The van der Waals surface area contributed by atoms with Crippen LogP contribution in [0.4, 0.5) is 17.1 Å². The zero-order valence-electron chi connectivity index (χ0n) is 13.2. The van der Waals surface area contributed by atoms with E-state index >= 15 is 0 Å². The Kier molecular flexibility index (Phi) is 5.86. The monoisotopic (exact) mass is 323 g/mol. The van der Waals surface area contributed by atoms with Crippen molar-refractivity contribution in [2.24, 2.45) is 5.10 Å². The van der Waals surface area contributed by atoms with Crippen molar-refractivity contribution in [3.05, 3.63) is 64.2 Å². The third kappa shape index (κ3) is 4.81. The molecular weight excluding hydrogens is 306 g/mol. The molecule has 2 rings (SSSR count). The molecule has 0 unspecified atom stereocenters. The first-order valence-electron chi connectivity index (χ1n) is 7.32. The van der Waals surface area contributed by atoms with E-state index in [2.05, 4.69) is 16.6 Å². The normalized spacial score (nSPS) is 10.3. The fourth-order valence-corrected chi connectivity index (χ4v) is 2.00. The Morgan fingerprint density at radius 2 is 1.92 bits per heavy atom. The van der Waals surface area contributed by atoms with Crippen LogP contribution in [0.1, 0.15) is 12.0 Å². The minimum absolute atomic E-state index is 0.0423. The molecule has 0 bridgehead atoms. The van der Waals surface area contributed by atoms with E-state index in [0.717, 1.165) is 11.3 Å². The molecule has 2 aromatic rings. The summed E-state index contributed by atoms with van der Waals surface area (Å²) >= 11 is 0. The zero-order chi connectivity index (χ0) is 17.4. The number of hydrogen-bond donors (Lipinski definition) is 1. The first kappa shape index (κ1) is 17.0. The molecule has 0 aliphatic rings. The Bertz CT molecular complexity index is 748. The Morgan fingerprint density at radius 1 is 1.25 bits per heavy atom. The summed E-state index contributed by atoms with van der Waals surface area (Å²) in [5.74, 6) is 0. The SMILES string of the molecule is CN(CCC#N)c1ccc(C=NNc2ccc([N+](=O)[O-])cc2)cc1. The van der Waals surface area contributed by atoms with Crippen molar-refractivity contribution < 1.29 is 4.92 Å². The van der Waals surface area contributed by atoms with Gasteiger partial charge in [0.2, 0.25) is 0 Å². The number of nitriles is 1. The highest BCUT2D eigenvalue weighted by Crippen LogP contribution is 2.16. The number of hydrazone groups is 1. The zero-order valence-corrected chi connectivity index (χ0v) is 13.2. The number of benzene rings is 2. The van der Waals surface area contributed by atoms with Gasteiger partial charge in [0.15, 0.2) is 0 Å². The van der Waals surface area contributed by atoms with E-state index in [9.17, 15) is 10.1 Å². The maximum Gasteiger partial charge on any atom is 0.269 e. The van der Waals surface area contributed by atoms with Gasteiger partial charge in [-0.05, 0) is 29.8 Å². The van der Waals surface area contributed by atoms with Crippen LogP contribution in [-0.4, -0.2) is 24.7 Å². The molecule has 1 N–H and O–H groups in total. The topological polar surface area (TPSA) is 94.6 Å². The summed E-state index contributed by atoms with van der Waals surface area (Å²) in [6.07, 6.45) is 2.15. The van der Waals surface area contributed by atoms with Gasteiger partial charge in [-0.15, -0.1) is 0 Å². The van der Waals surface area contributed by atoms with Crippen LogP contribution in [0.25, 0.3) is 0 Å². The van der Waals surface area contributed by atoms with Gasteiger partial charge in [-0.1, -0.05) is 12.1 Å². The third-order valence-electron chi connectivity index (χ3n) is 3.38. The molecule has 24 heavy (non-hydrogen) atoms. The van der Waals surface area contributed by atoms with E-state index in [1.807, 2.05) is 36.2 Å². The third-order valence-corrected chi connectivity index (χ3v) is 3.38.